The van der Waals surface area contributed by atoms with Gasteiger partial charge >= 0.3 is 0 Å². The largest absolute Gasteiger partial charge is 0.467 e. The van der Waals surface area contributed by atoms with Gasteiger partial charge in [0.2, 0.25) is 0 Å². The van der Waals surface area contributed by atoms with Crippen LogP contribution in [0, 0.1) is 5.92 Å². The van der Waals surface area contributed by atoms with Crippen LogP contribution >= 0.6 is 0 Å². The molecule has 1 aliphatic heterocycles. The quantitative estimate of drug-likeness (QED) is 0.825. The van der Waals surface area contributed by atoms with Crippen LogP contribution in [0.15, 0.2) is 16.7 Å². The SMILES string of the molecule is CC(C)NCc1coc(COCC2CCOCC2)c1. The van der Waals surface area contributed by atoms with E-state index in [0.717, 1.165) is 45.0 Å². The van der Waals surface area contributed by atoms with E-state index < -0.39 is 0 Å². The molecular formula is C15H25NO3. The first-order valence-electron chi connectivity index (χ1n) is 7.19. The molecule has 0 unspecified atom stereocenters. The van der Waals surface area contributed by atoms with Gasteiger partial charge in [-0.2, -0.15) is 0 Å². The van der Waals surface area contributed by atoms with Crippen molar-refractivity contribution in [3.05, 3.63) is 23.7 Å². The van der Waals surface area contributed by atoms with Gasteiger partial charge < -0.3 is 19.2 Å². The lowest BCUT2D eigenvalue weighted by atomic mass is 10.0. The highest BCUT2D eigenvalue weighted by Crippen LogP contribution is 2.16. The molecule has 2 heterocycles. The average Bonchev–Trinajstić information content (AvgIpc) is 2.86. The summed E-state index contributed by atoms with van der Waals surface area (Å²) in [5.74, 6) is 1.55. The van der Waals surface area contributed by atoms with Crippen molar-refractivity contribution in [2.45, 2.75) is 45.9 Å². The van der Waals surface area contributed by atoms with E-state index in [9.17, 15) is 0 Å². The lowest BCUT2D eigenvalue weighted by molar-refractivity contribution is 0.0120. The van der Waals surface area contributed by atoms with Gasteiger partial charge in [0.1, 0.15) is 12.4 Å². The fourth-order valence-electron chi connectivity index (χ4n) is 2.16. The highest BCUT2D eigenvalue weighted by Gasteiger charge is 2.14. The minimum Gasteiger partial charge on any atom is -0.467 e. The van der Waals surface area contributed by atoms with Crippen molar-refractivity contribution in [3.8, 4) is 0 Å². The third-order valence-corrected chi connectivity index (χ3v) is 3.36. The lowest BCUT2D eigenvalue weighted by Gasteiger charge is -2.21. The normalized spacial score (nSPS) is 17.2. The molecule has 0 amide bonds. The van der Waals surface area contributed by atoms with Crippen molar-refractivity contribution in [3.63, 3.8) is 0 Å². The predicted octanol–water partition coefficient (Wildman–Crippen LogP) is 2.72. The van der Waals surface area contributed by atoms with Crippen LogP contribution in [0.25, 0.3) is 0 Å². The molecule has 0 atom stereocenters. The maximum absolute atomic E-state index is 5.73. The van der Waals surface area contributed by atoms with Crippen molar-refractivity contribution in [1.29, 1.82) is 0 Å². The molecule has 0 saturated carbocycles. The molecule has 19 heavy (non-hydrogen) atoms. The van der Waals surface area contributed by atoms with E-state index in [4.69, 9.17) is 13.9 Å². The molecule has 2 rings (SSSR count). The number of furan rings is 1. The Morgan fingerprint density at radius 2 is 2.16 bits per heavy atom. The molecule has 0 radical (unpaired) electrons. The van der Waals surface area contributed by atoms with Crippen molar-refractivity contribution in [2.24, 2.45) is 5.92 Å². The van der Waals surface area contributed by atoms with Crippen LogP contribution in [0.2, 0.25) is 0 Å². The molecule has 108 valence electrons. The van der Waals surface area contributed by atoms with Crippen LogP contribution in [0.1, 0.15) is 38.0 Å². The third-order valence-electron chi connectivity index (χ3n) is 3.36. The molecule has 4 nitrogen and oxygen atoms in total. The van der Waals surface area contributed by atoms with Crippen LogP contribution in [-0.4, -0.2) is 25.9 Å². The van der Waals surface area contributed by atoms with Crippen LogP contribution < -0.4 is 5.32 Å². The van der Waals surface area contributed by atoms with E-state index in [0.29, 0.717) is 18.6 Å². The predicted molar refractivity (Wildman–Crippen MR) is 73.9 cm³/mol. The molecule has 0 aliphatic carbocycles. The van der Waals surface area contributed by atoms with Crippen molar-refractivity contribution < 1.29 is 13.9 Å². The van der Waals surface area contributed by atoms with Gasteiger partial charge in [-0.1, -0.05) is 13.8 Å². The number of hydrogen-bond acceptors (Lipinski definition) is 4. The van der Waals surface area contributed by atoms with Crippen LogP contribution in [0.5, 0.6) is 0 Å². The minimum absolute atomic E-state index is 0.489. The zero-order valence-electron chi connectivity index (χ0n) is 12.0. The van der Waals surface area contributed by atoms with Crippen LogP contribution in [0.4, 0.5) is 0 Å². The molecular weight excluding hydrogens is 242 g/mol. The fraction of sp³-hybridized carbons (Fsp3) is 0.733. The Kier molecular flexibility index (Phi) is 5.89. The highest BCUT2D eigenvalue weighted by atomic mass is 16.5. The van der Waals surface area contributed by atoms with Gasteiger partial charge in [0.05, 0.1) is 12.9 Å². The van der Waals surface area contributed by atoms with Gasteiger partial charge in [-0.25, -0.2) is 0 Å². The standard InChI is InChI=1S/C15H25NO3/c1-12(2)16-8-14-7-15(19-10-14)11-18-9-13-3-5-17-6-4-13/h7,10,12-13,16H,3-6,8-9,11H2,1-2H3. The zero-order chi connectivity index (χ0) is 13.5. The first kappa shape index (κ1) is 14.6. The minimum atomic E-state index is 0.489. The smallest absolute Gasteiger partial charge is 0.129 e. The summed E-state index contributed by atoms with van der Waals surface area (Å²) in [5, 5.41) is 3.37. The van der Waals surface area contributed by atoms with Gasteiger partial charge in [0, 0.05) is 31.4 Å². The second-order valence-electron chi connectivity index (χ2n) is 5.53. The molecule has 0 spiro atoms. The second kappa shape index (κ2) is 7.68. The second-order valence-corrected chi connectivity index (χ2v) is 5.53. The van der Waals surface area contributed by atoms with Crippen molar-refractivity contribution >= 4 is 0 Å². The molecule has 1 N–H and O–H groups in total. The number of rotatable bonds is 7. The Morgan fingerprint density at radius 3 is 2.89 bits per heavy atom. The Balaban J connectivity index is 1.65. The molecule has 0 bridgehead atoms. The van der Waals surface area contributed by atoms with E-state index in [1.54, 1.807) is 0 Å². The molecule has 4 heteroatoms. The lowest BCUT2D eigenvalue weighted by Crippen LogP contribution is -2.21. The van der Waals surface area contributed by atoms with Crippen molar-refractivity contribution in [2.75, 3.05) is 19.8 Å². The third kappa shape index (κ3) is 5.35. The fourth-order valence-corrected chi connectivity index (χ4v) is 2.16. The Morgan fingerprint density at radius 1 is 1.37 bits per heavy atom. The van der Waals surface area contributed by atoms with Gasteiger partial charge in [-0.15, -0.1) is 0 Å². The summed E-state index contributed by atoms with van der Waals surface area (Å²) in [7, 11) is 0. The van der Waals surface area contributed by atoms with Gasteiger partial charge in [-0.3, -0.25) is 0 Å². The Hall–Kier alpha value is -0.840. The molecule has 1 saturated heterocycles. The maximum Gasteiger partial charge on any atom is 0.129 e. The number of nitrogens with one attached hydrogen (secondary N) is 1. The van der Waals surface area contributed by atoms with E-state index in [1.165, 1.54) is 5.56 Å². The zero-order valence-corrected chi connectivity index (χ0v) is 12.0. The molecule has 1 aliphatic rings. The van der Waals surface area contributed by atoms with Crippen LogP contribution in [0.3, 0.4) is 0 Å². The van der Waals surface area contributed by atoms with E-state index >= 15 is 0 Å². The Labute approximate surface area is 115 Å². The topological polar surface area (TPSA) is 43.6 Å². The molecule has 1 aromatic rings. The van der Waals surface area contributed by atoms with Crippen LogP contribution in [-0.2, 0) is 22.6 Å². The summed E-state index contributed by atoms with van der Waals surface area (Å²) >= 11 is 0. The summed E-state index contributed by atoms with van der Waals surface area (Å²) in [6.07, 6.45) is 4.03. The van der Waals surface area contributed by atoms with Gasteiger partial charge in [-0.05, 0) is 24.8 Å². The summed E-state index contributed by atoms with van der Waals surface area (Å²) in [4.78, 5) is 0. The van der Waals surface area contributed by atoms with Gasteiger partial charge in [0.25, 0.3) is 0 Å². The monoisotopic (exact) mass is 267 g/mol. The highest BCUT2D eigenvalue weighted by molar-refractivity contribution is 5.12. The summed E-state index contributed by atoms with van der Waals surface area (Å²) in [6.45, 7) is 8.25. The summed E-state index contributed by atoms with van der Waals surface area (Å²) < 4.78 is 16.6. The summed E-state index contributed by atoms with van der Waals surface area (Å²) in [6, 6.07) is 2.56. The van der Waals surface area contributed by atoms with E-state index in [1.807, 2.05) is 6.26 Å². The van der Waals surface area contributed by atoms with Gasteiger partial charge in [0.15, 0.2) is 0 Å². The van der Waals surface area contributed by atoms with E-state index in [-0.39, 0.29) is 0 Å². The van der Waals surface area contributed by atoms with Crippen molar-refractivity contribution in [1.82, 2.24) is 5.32 Å². The molecule has 0 aromatic carbocycles. The first-order chi connectivity index (χ1) is 9.24. The Bertz CT molecular complexity index is 356. The maximum atomic E-state index is 5.73. The molecule has 1 fully saturated rings. The summed E-state index contributed by atoms with van der Waals surface area (Å²) in [5.41, 5.74) is 1.18. The molecule has 1 aromatic heterocycles. The number of hydrogen-bond donors (Lipinski definition) is 1. The average molecular weight is 267 g/mol. The first-order valence-corrected chi connectivity index (χ1v) is 7.19. The number of ether oxygens (including phenoxy) is 2. The van der Waals surface area contributed by atoms with E-state index in [2.05, 4.69) is 25.2 Å².